The molecule has 0 unspecified atom stereocenters. The fourth-order valence-electron chi connectivity index (χ4n) is 3.03. The van der Waals surface area contributed by atoms with E-state index >= 15 is 0 Å². The Morgan fingerprint density at radius 1 is 1.27 bits per heavy atom. The number of aliphatic imine (C=N–C) groups is 1. The predicted octanol–water partition coefficient (Wildman–Crippen LogP) is 2.45. The Morgan fingerprint density at radius 3 is 2.65 bits per heavy atom. The van der Waals surface area contributed by atoms with Crippen LogP contribution in [0.15, 0.2) is 29.3 Å². The predicted molar refractivity (Wildman–Crippen MR) is 91.5 cm³/mol. The van der Waals surface area contributed by atoms with E-state index in [0.717, 1.165) is 48.7 Å². The molecule has 3 rings (SSSR count). The number of hydrogen-bond acceptors (Lipinski definition) is 3. The smallest absolute Gasteiger partial charge is 0.349 e. The van der Waals surface area contributed by atoms with Crippen molar-refractivity contribution in [1.82, 2.24) is 25.0 Å². The number of alkyl halides is 3. The molecule has 1 aliphatic rings. The van der Waals surface area contributed by atoms with Crippen LogP contribution in [0.25, 0.3) is 0 Å². The van der Waals surface area contributed by atoms with Gasteiger partial charge in [0.25, 0.3) is 0 Å². The van der Waals surface area contributed by atoms with Crippen LogP contribution in [0, 0.1) is 0 Å². The summed E-state index contributed by atoms with van der Waals surface area (Å²) in [6, 6.07) is 5.16. The second-order valence-corrected chi connectivity index (χ2v) is 6.24. The molecule has 0 radical (unpaired) electrons. The van der Waals surface area contributed by atoms with Crippen LogP contribution in [-0.2, 0) is 32.2 Å². The maximum absolute atomic E-state index is 12.6. The van der Waals surface area contributed by atoms with Gasteiger partial charge in [-0.15, -0.1) is 10.2 Å². The van der Waals surface area contributed by atoms with Crippen molar-refractivity contribution in [3.8, 4) is 0 Å². The summed E-state index contributed by atoms with van der Waals surface area (Å²) in [6.07, 6.45) is -2.28. The minimum Gasteiger partial charge on any atom is -0.349 e. The maximum atomic E-state index is 12.6. The molecule has 0 saturated heterocycles. The molecule has 0 atom stereocenters. The third kappa shape index (κ3) is 3.97. The van der Waals surface area contributed by atoms with Crippen molar-refractivity contribution in [1.29, 1.82) is 0 Å². The molecule has 0 saturated carbocycles. The SMILES string of the molecule is CN=C(NCc1nnc2n1CCC2)N(C)Cc1ccc(C(F)(F)F)cc1. The Hall–Kier alpha value is -2.58. The fourth-order valence-corrected chi connectivity index (χ4v) is 3.03. The Labute approximate surface area is 149 Å². The molecule has 0 amide bonds. The van der Waals surface area contributed by atoms with Crippen molar-refractivity contribution >= 4 is 5.96 Å². The number of benzene rings is 1. The Balaban J connectivity index is 1.59. The summed E-state index contributed by atoms with van der Waals surface area (Å²) in [5.74, 6) is 2.51. The molecule has 1 aromatic heterocycles. The van der Waals surface area contributed by atoms with Gasteiger partial charge in [0.05, 0.1) is 12.1 Å². The lowest BCUT2D eigenvalue weighted by Gasteiger charge is -2.22. The Morgan fingerprint density at radius 2 is 2.00 bits per heavy atom. The van der Waals surface area contributed by atoms with Gasteiger partial charge in [-0.3, -0.25) is 4.99 Å². The summed E-state index contributed by atoms with van der Waals surface area (Å²) in [6.45, 7) is 1.87. The molecule has 0 spiro atoms. The molecule has 1 aromatic carbocycles. The highest BCUT2D eigenvalue weighted by Crippen LogP contribution is 2.29. The minimum absolute atomic E-state index is 0.440. The number of nitrogens with one attached hydrogen (secondary N) is 1. The van der Waals surface area contributed by atoms with Gasteiger partial charge in [0.1, 0.15) is 5.82 Å². The summed E-state index contributed by atoms with van der Waals surface area (Å²) < 4.78 is 40.0. The third-order valence-corrected chi connectivity index (χ3v) is 4.37. The topological polar surface area (TPSA) is 58.3 Å². The molecule has 0 bridgehead atoms. The zero-order valence-electron chi connectivity index (χ0n) is 14.7. The number of fused-ring (bicyclic) bond motifs is 1. The molecule has 2 heterocycles. The second kappa shape index (κ2) is 7.35. The molecule has 6 nitrogen and oxygen atoms in total. The maximum Gasteiger partial charge on any atom is 0.416 e. The summed E-state index contributed by atoms with van der Waals surface area (Å²) in [4.78, 5) is 6.08. The molecular weight excluding hydrogens is 345 g/mol. The van der Waals surface area contributed by atoms with Crippen molar-refractivity contribution in [2.75, 3.05) is 14.1 Å². The molecule has 1 N–H and O–H groups in total. The number of rotatable bonds is 4. The van der Waals surface area contributed by atoms with Crippen molar-refractivity contribution in [2.45, 2.75) is 38.7 Å². The summed E-state index contributed by atoms with van der Waals surface area (Å²) in [5.41, 5.74) is 0.124. The van der Waals surface area contributed by atoms with Crippen molar-refractivity contribution < 1.29 is 13.2 Å². The first-order valence-electron chi connectivity index (χ1n) is 8.37. The largest absolute Gasteiger partial charge is 0.416 e. The van der Waals surface area contributed by atoms with Crippen LogP contribution < -0.4 is 5.32 Å². The molecule has 9 heteroatoms. The lowest BCUT2D eigenvalue weighted by Crippen LogP contribution is -2.38. The first kappa shape index (κ1) is 18.2. The number of aromatic nitrogens is 3. The normalized spacial score (nSPS) is 14.4. The average Bonchev–Trinajstić information content (AvgIpc) is 3.19. The number of aryl methyl sites for hydroxylation is 1. The quantitative estimate of drug-likeness (QED) is 0.667. The molecule has 1 aliphatic heterocycles. The summed E-state index contributed by atoms with van der Waals surface area (Å²) in [5, 5.41) is 11.6. The van der Waals surface area contributed by atoms with Crippen LogP contribution in [-0.4, -0.2) is 39.7 Å². The summed E-state index contributed by atoms with van der Waals surface area (Å²) in [7, 11) is 3.50. The molecule has 26 heavy (non-hydrogen) atoms. The number of nitrogens with zero attached hydrogens (tertiary/aromatic N) is 5. The van der Waals surface area contributed by atoms with E-state index in [4.69, 9.17) is 0 Å². The van der Waals surface area contributed by atoms with Crippen LogP contribution in [0.3, 0.4) is 0 Å². The highest BCUT2D eigenvalue weighted by molar-refractivity contribution is 5.79. The second-order valence-electron chi connectivity index (χ2n) is 6.24. The van der Waals surface area contributed by atoms with Gasteiger partial charge in [0, 0.05) is 33.6 Å². The van der Waals surface area contributed by atoms with Gasteiger partial charge in [-0.25, -0.2) is 0 Å². The van der Waals surface area contributed by atoms with E-state index in [1.807, 2.05) is 11.9 Å². The molecule has 140 valence electrons. The molecule has 2 aromatic rings. The van der Waals surface area contributed by atoms with Gasteiger partial charge in [-0.2, -0.15) is 13.2 Å². The van der Waals surface area contributed by atoms with E-state index in [9.17, 15) is 13.2 Å². The van der Waals surface area contributed by atoms with E-state index in [1.165, 1.54) is 12.1 Å². The average molecular weight is 366 g/mol. The van der Waals surface area contributed by atoms with Crippen molar-refractivity contribution in [2.24, 2.45) is 4.99 Å². The summed E-state index contributed by atoms with van der Waals surface area (Å²) >= 11 is 0. The molecule has 0 aliphatic carbocycles. The number of hydrogen-bond donors (Lipinski definition) is 1. The fraction of sp³-hybridized carbons (Fsp3) is 0.471. The van der Waals surface area contributed by atoms with E-state index < -0.39 is 11.7 Å². The minimum atomic E-state index is -4.32. The highest BCUT2D eigenvalue weighted by atomic mass is 19.4. The van der Waals surface area contributed by atoms with E-state index in [0.29, 0.717) is 19.0 Å². The lowest BCUT2D eigenvalue weighted by molar-refractivity contribution is -0.137. The Kier molecular flexibility index (Phi) is 5.15. The Bertz CT molecular complexity index is 779. The van der Waals surface area contributed by atoms with Gasteiger partial charge < -0.3 is 14.8 Å². The van der Waals surface area contributed by atoms with Gasteiger partial charge in [-0.05, 0) is 24.1 Å². The van der Waals surface area contributed by atoms with Gasteiger partial charge in [0.15, 0.2) is 11.8 Å². The zero-order chi connectivity index (χ0) is 18.7. The van der Waals surface area contributed by atoms with E-state index in [1.54, 1.807) is 7.05 Å². The van der Waals surface area contributed by atoms with E-state index in [2.05, 4.69) is 25.1 Å². The van der Waals surface area contributed by atoms with Gasteiger partial charge in [-0.1, -0.05) is 12.1 Å². The lowest BCUT2D eigenvalue weighted by atomic mass is 10.1. The van der Waals surface area contributed by atoms with Crippen LogP contribution in [0.1, 0.15) is 29.2 Å². The van der Waals surface area contributed by atoms with Crippen molar-refractivity contribution in [3.05, 3.63) is 47.0 Å². The van der Waals surface area contributed by atoms with Crippen molar-refractivity contribution in [3.63, 3.8) is 0 Å². The van der Waals surface area contributed by atoms with Crippen LogP contribution >= 0.6 is 0 Å². The zero-order valence-corrected chi connectivity index (χ0v) is 14.7. The number of guanidine groups is 1. The van der Waals surface area contributed by atoms with Crippen LogP contribution in [0.5, 0.6) is 0 Å². The van der Waals surface area contributed by atoms with Crippen LogP contribution in [0.4, 0.5) is 13.2 Å². The monoisotopic (exact) mass is 366 g/mol. The molecule has 0 fully saturated rings. The standard InChI is InChI=1S/C17H21F3N6/c1-21-16(22-10-15-24-23-14-4-3-9-26(14)15)25(2)11-12-5-7-13(8-6-12)17(18,19)20/h5-8H,3-4,9-11H2,1-2H3,(H,21,22). The highest BCUT2D eigenvalue weighted by Gasteiger charge is 2.30. The van der Waals surface area contributed by atoms with E-state index in [-0.39, 0.29) is 0 Å². The first-order chi connectivity index (χ1) is 12.4. The first-order valence-corrected chi connectivity index (χ1v) is 8.37. The molecular formula is C17H21F3N6. The van der Waals surface area contributed by atoms with Gasteiger partial charge in [0.2, 0.25) is 0 Å². The van der Waals surface area contributed by atoms with Crippen LogP contribution in [0.2, 0.25) is 0 Å². The van der Waals surface area contributed by atoms with Gasteiger partial charge >= 0.3 is 6.18 Å². The number of halogens is 3. The third-order valence-electron chi connectivity index (χ3n) is 4.37.